The first-order valence-corrected chi connectivity index (χ1v) is 3.31. The van der Waals surface area contributed by atoms with Gasteiger partial charge in [-0.15, -0.1) is 0 Å². The van der Waals surface area contributed by atoms with Gasteiger partial charge in [-0.1, -0.05) is 0 Å². The van der Waals surface area contributed by atoms with E-state index >= 15 is 0 Å². The molecule has 0 aromatic rings. The Morgan fingerprint density at radius 2 is 2.33 bits per heavy atom. The summed E-state index contributed by atoms with van der Waals surface area (Å²) in [6, 6.07) is 0. The van der Waals surface area contributed by atoms with E-state index in [1.165, 1.54) is 0 Å². The summed E-state index contributed by atoms with van der Waals surface area (Å²) in [5.41, 5.74) is -0.0816. The van der Waals surface area contributed by atoms with E-state index < -0.39 is 6.50 Å². The van der Waals surface area contributed by atoms with Crippen molar-refractivity contribution in [1.82, 2.24) is 10.2 Å². The molecule has 1 heterocycles. The molecule has 0 aromatic heterocycles. The molecular weight excluding hydrogens is 112 g/mol. The van der Waals surface area contributed by atoms with Gasteiger partial charge in [0.15, 0.2) is 0 Å². The summed E-state index contributed by atoms with van der Waals surface area (Å²) in [6.07, 6.45) is 0. The standard InChI is InChI=1S/C7H16N2/c1-7(2)6-8-4-5-9(7)3/h8H,4-6H2,1-3H3/i5D2. The van der Waals surface area contributed by atoms with Crippen LogP contribution >= 0.6 is 0 Å². The van der Waals surface area contributed by atoms with E-state index in [0.717, 1.165) is 6.54 Å². The fraction of sp³-hybridized carbons (Fsp3) is 1.00. The first-order chi connectivity index (χ1) is 4.86. The van der Waals surface area contributed by atoms with Crippen LogP contribution in [-0.2, 0) is 0 Å². The van der Waals surface area contributed by atoms with E-state index in [0.29, 0.717) is 6.54 Å². The van der Waals surface area contributed by atoms with Crippen molar-refractivity contribution in [2.45, 2.75) is 19.4 Å². The van der Waals surface area contributed by atoms with Crippen LogP contribution in [0.4, 0.5) is 0 Å². The molecule has 1 rings (SSSR count). The molecule has 1 N–H and O–H groups in total. The molecule has 1 aliphatic heterocycles. The van der Waals surface area contributed by atoms with E-state index in [9.17, 15) is 0 Å². The highest BCUT2D eigenvalue weighted by molar-refractivity contribution is 4.85. The van der Waals surface area contributed by atoms with E-state index in [1.807, 2.05) is 20.9 Å². The molecule has 2 nitrogen and oxygen atoms in total. The molecule has 0 atom stereocenters. The summed E-state index contributed by atoms with van der Waals surface area (Å²) in [5.74, 6) is 0. The van der Waals surface area contributed by atoms with Gasteiger partial charge in [0.2, 0.25) is 0 Å². The molecule has 2 heteroatoms. The summed E-state index contributed by atoms with van der Waals surface area (Å²) >= 11 is 0. The molecule has 0 spiro atoms. The molecular formula is C7H16N2. The number of piperazine rings is 1. The van der Waals surface area contributed by atoms with Crippen LogP contribution in [0.1, 0.15) is 16.6 Å². The lowest BCUT2D eigenvalue weighted by Crippen LogP contribution is -2.55. The lowest BCUT2D eigenvalue weighted by Gasteiger charge is -2.40. The Balaban J connectivity index is 2.76. The van der Waals surface area contributed by atoms with Crippen molar-refractivity contribution in [1.29, 1.82) is 0 Å². The Morgan fingerprint density at radius 1 is 1.67 bits per heavy atom. The smallest absolute Gasteiger partial charge is 0.0444 e. The van der Waals surface area contributed by atoms with Crippen LogP contribution in [0, 0.1) is 0 Å². The predicted octanol–water partition coefficient (Wildman–Crippen LogP) is 0.300. The van der Waals surface area contributed by atoms with Gasteiger partial charge in [0.05, 0.1) is 0 Å². The Kier molecular flexibility index (Phi) is 1.18. The first kappa shape index (κ1) is 4.69. The quantitative estimate of drug-likeness (QED) is 0.507. The lowest BCUT2D eigenvalue weighted by molar-refractivity contribution is 0.123. The van der Waals surface area contributed by atoms with Crippen LogP contribution in [0.25, 0.3) is 0 Å². The first-order valence-electron chi connectivity index (χ1n) is 4.31. The molecule has 1 aliphatic rings. The number of hydrogen-bond acceptors (Lipinski definition) is 2. The van der Waals surface area contributed by atoms with E-state index in [4.69, 9.17) is 2.74 Å². The molecule has 0 radical (unpaired) electrons. The predicted molar refractivity (Wildman–Crippen MR) is 39.6 cm³/mol. The molecule has 0 unspecified atom stereocenters. The van der Waals surface area contributed by atoms with Crippen LogP contribution in [0.2, 0.25) is 0 Å². The summed E-state index contributed by atoms with van der Waals surface area (Å²) in [4.78, 5) is 1.79. The fourth-order valence-electron chi connectivity index (χ4n) is 0.875. The number of hydrogen-bond donors (Lipinski definition) is 1. The maximum Gasteiger partial charge on any atom is 0.0444 e. The van der Waals surface area contributed by atoms with E-state index in [-0.39, 0.29) is 5.54 Å². The van der Waals surface area contributed by atoms with Gasteiger partial charge in [-0.2, -0.15) is 0 Å². The van der Waals surface area contributed by atoms with Crippen LogP contribution < -0.4 is 5.32 Å². The summed E-state index contributed by atoms with van der Waals surface area (Å²) in [7, 11) is 1.83. The molecule has 0 amide bonds. The number of likely N-dealkylation sites (N-methyl/N-ethyl adjacent to an activating group) is 1. The summed E-state index contributed by atoms with van der Waals surface area (Å²) in [6.45, 7) is 4.14. The Labute approximate surface area is 60.0 Å². The highest BCUT2D eigenvalue weighted by atomic mass is 15.2. The molecule has 9 heavy (non-hydrogen) atoms. The number of rotatable bonds is 0. The van der Waals surface area contributed by atoms with Crippen molar-refractivity contribution in [2.24, 2.45) is 0 Å². The molecule has 0 bridgehead atoms. The molecule has 1 saturated heterocycles. The highest BCUT2D eigenvalue weighted by Gasteiger charge is 2.25. The third-order valence-corrected chi connectivity index (χ3v) is 1.91. The minimum absolute atomic E-state index is 0.0816. The normalized spacial score (nSPS) is 37.2. The van der Waals surface area contributed by atoms with Crippen molar-refractivity contribution in [2.75, 3.05) is 26.6 Å². The second kappa shape index (κ2) is 2.27. The maximum absolute atomic E-state index is 7.62. The van der Waals surface area contributed by atoms with Gasteiger partial charge in [-0.3, -0.25) is 4.90 Å². The largest absolute Gasteiger partial charge is 0.314 e. The van der Waals surface area contributed by atoms with Gasteiger partial charge in [-0.25, -0.2) is 0 Å². The molecule has 0 aromatic carbocycles. The lowest BCUT2D eigenvalue weighted by atomic mass is 10.0. The third-order valence-electron chi connectivity index (χ3n) is 1.91. The van der Waals surface area contributed by atoms with Crippen molar-refractivity contribution >= 4 is 0 Å². The Hall–Kier alpha value is -0.0800. The zero-order chi connectivity index (χ0) is 8.70. The Bertz CT molecular complexity index is 141. The second-order valence-corrected chi connectivity index (χ2v) is 3.13. The zero-order valence-electron chi connectivity index (χ0n) is 8.36. The SMILES string of the molecule is [2H]C1([2H])CNCC(C)(C)N1C. The van der Waals surface area contributed by atoms with Gasteiger partial charge >= 0.3 is 0 Å². The second-order valence-electron chi connectivity index (χ2n) is 3.13. The highest BCUT2D eigenvalue weighted by Crippen LogP contribution is 2.12. The molecule has 54 valence electrons. The van der Waals surface area contributed by atoms with Crippen LogP contribution in [0.15, 0.2) is 0 Å². The number of nitrogens with one attached hydrogen (secondary N) is 1. The Morgan fingerprint density at radius 3 is 2.78 bits per heavy atom. The zero-order valence-corrected chi connectivity index (χ0v) is 6.36. The topological polar surface area (TPSA) is 15.3 Å². The van der Waals surface area contributed by atoms with Gasteiger partial charge < -0.3 is 5.32 Å². The van der Waals surface area contributed by atoms with Crippen molar-refractivity contribution in [3.63, 3.8) is 0 Å². The molecule has 0 saturated carbocycles. The minimum atomic E-state index is -1.21. The fourth-order valence-corrected chi connectivity index (χ4v) is 0.875. The molecule has 1 fully saturated rings. The van der Waals surface area contributed by atoms with Crippen molar-refractivity contribution < 1.29 is 2.74 Å². The molecule has 0 aliphatic carbocycles. The monoisotopic (exact) mass is 130 g/mol. The van der Waals surface area contributed by atoms with Crippen LogP contribution in [-0.4, -0.2) is 37.1 Å². The van der Waals surface area contributed by atoms with Gasteiger partial charge in [0.25, 0.3) is 0 Å². The summed E-state index contributed by atoms with van der Waals surface area (Å²) < 4.78 is 15.2. The van der Waals surface area contributed by atoms with Gasteiger partial charge in [0.1, 0.15) is 0 Å². The maximum atomic E-state index is 7.62. The van der Waals surface area contributed by atoms with E-state index in [1.54, 1.807) is 4.90 Å². The minimum Gasteiger partial charge on any atom is -0.314 e. The third kappa shape index (κ3) is 1.43. The van der Waals surface area contributed by atoms with Gasteiger partial charge in [-0.05, 0) is 20.9 Å². The van der Waals surface area contributed by atoms with Crippen LogP contribution in [0.3, 0.4) is 0 Å². The van der Waals surface area contributed by atoms with E-state index in [2.05, 4.69) is 5.32 Å². The van der Waals surface area contributed by atoms with Crippen LogP contribution in [0.5, 0.6) is 0 Å². The summed E-state index contributed by atoms with van der Waals surface area (Å²) in [5, 5.41) is 3.08. The average molecular weight is 130 g/mol. The van der Waals surface area contributed by atoms with Gasteiger partial charge in [0, 0.05) is 27.9 Å². The van der Waals surface area contributed by atoms with Crippen molar-refractivity contribution in [3.8, 4) is 0 Å². The average Bonchev–Trinajstić information content (AvgIpc) is 1.82. The number of nitrogens with zero attached hydrogens (tertiary/aromatic N) is 1. The van der Waals surface area contributed by atoms with Crippen molar-refractivity contribution in [3.05, 3.63) is 0 Å².